The van der Waals surface area contributed by atoms with E-state index in [0.717, 1.165) is 16.9 Å². The highest BCUT2D eigenvalue weighted by Crippen LogP contribution is 2.23. The van der Waals surface area contributed by atoms with Gasteiger partial charge in [0.15, 0.2) is 0 Å². The number of pyridine rings is 1. The van der Waals surface area contributed by atoms with Crippen molar-refractivity contribution in [2.75, 3.05) is 11.1 Å². The van der Waals surface area contributed by atoms with Crippen LogP contribution in [0, 0.1) is 0 Å². The van der Waals surface area contributed by atoms with Crippen molar-refractivity contribution in [3.05, 3.63) is 54.4 Å². The number of rotatable bonds is 3. The maximum Gasteiger partial charge on any atom is 0.0506 e. The number of nitrogen functional groups attached to an aromatic ring is 1. The Morgan fingerprint density at radius 3 is 2.50 bits per heavy atom. The zero-order valence-electron chi connectivity index (χ0n) is 9.22. The van der Waals surface area contributed by atoms with Gasteiger partial charge in [-0.3, -0.25) is 4.98 Å². The van der Waals surface area contributed by atoms with Crippen molar-refractivity contribution < 1.29 is 0 Å². The Morgan fingerprint density at radius 1 is 1.12 bits per heavy atom. The summed E-state index contributed by atoms with van der Waals surface area (Å²) in [5, 5.41) is 3.38. The van der Waals surface area contributed by atoms with Gasteiger partial charge >= 0.3 is 0 Å². The predicted molar refractivity (Wildman–Crippen MR) is 67.1 cm³/mol. The Hall–Kier alpha value is -2.03. The number of benzene rings is 1. The van der Waals surface area contributed by atoms with Crippen molar-refractivity contribution in [2.24, 2.45) is 0 Å². The lowest BCUT2D eigenvalue weighted by molar-refractivity contribution is 0.887. The van der Waals surface area contributed by atoms with Crippen LogP contribution in [-0.4, -0.2) is 4.98 Å². The first kappa shape index (κ1) is 10.5. The summed E-state index contributed by atoms with van der Waals surface area (Å²) < 4.78 is 0. The Balaban J connectivity index is 2.15. The van der Waals surface area contributed by atoms with Crippen LogP contribution < -0.4 is 11.1 Å². The highest BCUT2D eigenvalue weighted by molar-refractivity contribution is 5.52. The fraction of sp³-hybridized carbons (Fsp3) is 0.154. The van der Waals surface area contributed by atoms with Crippen LogP contribution in [0.5, 0.6) is 0 Å². The predicted octanol–water partition coefficient (Wildman–Crippen LogP) is 2.84. The molecule has 3 N–H and O–H groups in total. The van der Waals surface area contributed by atoms with Gasteiger partial charge in [0.1, 0.15) is 0 Å². The average molecular weight is 213 g/mol. The molecular weight excluding hydrogens is 198 g/mol. The molecule has 0 spiro atoms. The van der Waals surface area contributed by atoms with Crippen LogP contribution in [0.3, 0.4) is 0 Å². The molecule has 0 aliphatic carbocycles. The van der Waals surface area contributed by atoms with E-state index in [-0.39, 0.29) is 6.04 Å². The first-order valence-electron chi connectivity index (χ1n) is 5.28. The van der Waals surface area contributed by atoms with Crippen molar-refractivity contribution in [1.82, 2.24) is 4.98 Å². The summed E-state index contributed by atoms with van der Waals surface area (Å²) in [6.45, 7) is 2.09. The molecule has 0 bridgehead atoms. The largest absolute Gasteiger partial charge is 0.398 e. The van der Waals surface area contributed by atoms with E-state index in [0.29, 0.717) is 0 Å². The zero-order chi connectivity index (χ0) is 11.4. The van der Waals surface area contributed by atoms with E-state index in [1.807, 2.05) is 36.4 Å². The zero-order valence-corrected chi connectivity index (χ0v) is 9.22. The topological polar surface area (TPSA) is 50.9 Å². The summed E-state index contributed by atoms with van der Waals surface area (Å²) >= 11 is 0. The molecule has 0 aliphatic rings. The van der Waals surface area contributed by atoms with Crippen LogP contribution >= 0.6 is 0 Å². The third-order valence-electron chi connectivity index (χ3n) is 2.53. The maximum atomic E-state index is 5.92. The van der Waals surface area contributed by atoms with Crippen LogP contribution in [0.15, 0.2) is 48.8 Å². The van der Waals surface area contributed by atoms with Crippen LogP contribution in [0.25, 0.3) is 0 Å². The van der Waals surface area contributed by atoms with Crippen LogP contribution in [0.2, 0.25) is 0 Å². The Bertz CT molecular complexity index is 454. The summed E-state index contributed by atoms with van der Waals surface area (Å²) in [5.41, 5.74) is 8.90. The number of hydrogen-bond acceptors (Lipinski definition) is 3. The first-order chi connectivity index (χ1) is 7.77. The SMILES string of the molecule is CC(Nc1ccncc1)c1ccccc1N. The summed E-state index contributed by atoms with van der Waals surface area (Å²) in [6, 6.07) is 12.0. The van der Waals surface area contributed by atoms with Crippen LogP contribution in [-0.2, 0) is 0 Å². The molecule has 0 radical (unpaired) electrons. The summed E-state index contributed by atoms with van der Waals surface area (Å²) in [7, 11) is 0. The number of anilines is 2. The maximum absolute atomic E-state index is 5.92. The number of nitrogens with two attached hydrogens (primary N) is 1. The standard InChI is InChI=1S/C13H15N3/c1-10(12-4-2-3-5-13(12)14)16-11-6-8-15-9-7-11/h2-10H,14H2,1H3,(H,15,16). The molecule has 1 aromatic heterocycles. The number of nitrogens with zero attached hydrogens (tertiary/aromatic N) is 1. The monoisotopic (exact) mass is 213 g/mol. The number of aromatic nitrogens is 1. The minimum absolute atomic E-state index is 0.184. The molecule has 3 heteroatoms. The van der Waals surface area contributed by atoms with Gasteiger partial charge < -0.3 is 11.1 Å². The molecule has 0 aliphatic heterocycles. The number of hydrogen-bond donors (Lipinski definition) is 2. The van der Waals surface area contributed by atoms with E-state index in [4.69, 9.17) is 5.73 Å². The third kappa shape index (κ3) is 2.31. The molecule has 0 amide bonds. The molecule has 0 fully saturated rings. The summed E-state index contributed by atoms with van der Waals surface area (Å²) in [5.74, 6) is 0. The van der Waals surface area contributed by atoms with Gasteiger partial charge in [0.05, 0.1) is 6.04 Å². The van der Waals surface area contributed by atoms with Crippen LogP contribution in [0.4, 0.5) is 11.4 Å². The number of nitrogens with one attached hydrogen (secondary N) is 1. The molecular formula is C13H15N3. The fourth-order valence-corrected chi connectivity index (χ4v) is 1.68. The summed E-state index contributed by atoms with van der Waals surface area (Å²) in [4.78, 5) is 3.98. The van der Waals surface area contributed by atoms with Gasteiger partial charge in [-0.25, -0.2) is 0 Å². The number of para-hydroxylation sites is 1. The van der Waals surface area contributed by atoms with Crippen molar-refractivity contribution >= 4 is 11.4 Å². The fourth-order valence-electron chi connectivity index (χ4n) is 1.68. The lowest BCUT2D eigenvalue weighted by atomic mass is 10.1. The highest BCUT2D eigenvalue weighted by atomic mass is 14.9. The second-order valence-corrected chi connectivity index (χ2v) is 3.73. The van der Waals surface area contributed by atoms with Crippen molar-refractivity contribution in [1.29, 1.82) is 0 Å². The van der Waals surface area contributed by atoms with E-state index >= 15 is 0 Å². The molecule has 1 heterocycles. The summed E-state index contributed by atoms with van der Waals surface area (Å²) in [6.07, 6.45) is 3.53. The molecule has 3 nitrogen and oxygen atoms in total. The van der Waals surface area contributed by atoms with Gasteiger partial charge in [-0.05, 0) is 30.7 Å². The minimum atomic E-state index is 0.184. The van der Waals surface area contributed by atoms with E-state index < -0.39 is 0 Å². The quantitative estimate of drug-likeness (QED) is 0.771. The van der Waals surface area contributed by atoms with Gasteiger partial charge in [0.25, 0.3) is 0 Å². The van der Waals surface area contributed by atoms with Gasteiger partial charge in [0.2, 0.25) is 0 Å². The second kappa shape index (κ2) is 4.66. The van der Waals surface area contributed by atoms with Crippen LogP contribution in [0.1, 0.15) is 18.5 Å². The molecule has 1 atom stereocenters. The second-order valence-electron chi connectivity index (χ2n) is 3.73. The van der Waals surface area contributed by atoms with E-state index in [1.165, 1.54) is 0 Å². The van der Waals surface area contributed by atoms with E-state index in [2.05, 4.69) is 17.2 Å². The smallest absolute Gasteiger partial charge is 0.0506 e. The Morgan fingerprint density at radius 2 is 1.81 bits per heavy atom. The first-order valence-corrected chi connectivity index (χ1v) is 5.28. The molecule has 82 valence electrons. The van der Waals surface area contributed by atoms with Gasteiger partial charge in [-0.15, -0.1) is 0 Å². The molecule has 0 saturated heterocycles. The Kier molecular flexibility index (Phi) is 3.05. The lowest BCUT2D eigenvalue weighted by Gasteiger charge is -2.17. The molecule has 1 aromatic carbocycles. The van der Waals surface area contributed by atoms with Gasteiger partial charge in [-0.1, -0.05) is 18.2 Å². The minimum Gasteiger partial charge on any atom is -0.398 e. The van der Waals surface area contributed by atoms with Crippen molar-refractivity contribution in [3.63, 3.8) is 0 Å². The third-order valence-corrected chi connectivity index (χ3v) is 2.53. The molecule has 16 heavy (non-hydrogen) atoms. The molecule has 2 rings (SSSR count). The van der Waals surface area contributed by atoms with E-state index in [9.17, 15) is 0 Å². The molecule has 1 unspecified atom stereocenters. The highest BCUT2D eigenvalue weighted by Gasteiger charge is 2.07. The Labute approximate surface area is 95.3 Å². The molecule has 0 saturated carbocycles. The molecule has 2 aromatic rings. The van der Waals surface area contributed by atoms with Crippen molar-refractivity contribution in [3.8, 4) is 0 Å². The average Bonchev–Trinajstić information content (AvgIpc) is 2.31. The lowest BCUT2D eigenvalue weighted by Crippen LogP contribution is -2.08. The van der Waals surface area contributed by atoms with E-state index in [1.54, 1.807) is 12.4 Å². The van der Waals surface area contributed by atoms with Gasteiger partial charge in [-0.2, -0.15) is 0 Å². The van der Waals surface area contributed by atoms with Crippen molar-refractivity contribution in [2.45, 2.75) is 13.0 Å². The normalized spacial score (nSPS) is 12.1. The van der Waals surface area contributed by atoms with Gasteiger partial charge in [0, 0.05) is 23.8 Å².